The molecule has 27 heavy (non-hydrogen) atoms. The molecule has 9 heteroatoms. The van der Waals surface area contributed by atoms with Crippen molar-refractivity contribution in [1.82, 2.24) is 29.9 Å². The van der Waals surface area contributed by atoms with Gasteiger partial charge in [-0.1, -0.05) is 6.42 Å². The summed E-state index contributed by atoms with van der Waals surface area (Å²) in [5.74, 6) is 2.27. The molecule has 1 N–H and O–H groups in total. The Bertz CT molecular complexity index is 648. The summed E-state index contributed by atoms with van der Waals surface area (Å²) in [7, 11) is 3.33. The molecule has 0 unspecified atom stereocenters. The molecule has 2 fully saturated rings. The second kappa shape index (κ2) is 9.16. The Balaban J connectivity index is 1.50. The van der Waals surface area contributed by atoms with Crippen LogP contribution in [0, 0.1) is 0 Å². The Morgan fingerprint density at radius 3 is 2.48 bits per heavy atom. The van der Waals surface area contributed by atoms with Gasteiger partial charge in [-0.3, -0.25) is 9.69 Å². The molecular weight excluding hydrogens is 348 g/mol. The van der Waals surface area contributed by atoms with Crippen LogP contribution in [0.2, 0.25) is 0 Å². The highest BCUT2D eigenvalue weighted by atomic mass is 16.5. The largest absolute Gasteiger partial charge is 0.453 e. The third-order valence-corrected chi connectivity index (χ3v) is 5.59. The summed E-state index contributed by atoms with van der Waals surface area (Å²) in [4.78, 5) is 27.5. The Morgan fingerprint density at radius 2 is 1.81 bits per heavy atom. The van der Waals surface area contributed by atoms with Crippen molar-refractivity contribution in [3.8, 4) is 0 Å². The van der Waals surface area contributed by atoms with E-state index in [1.165, 1.54) is 26.4 Å². The van der Waals surface area contributed by atoms with Gasteiger partial charge in [-0.2, -0.15) is 0 Å². The smallest absolute Gasteiger partial charge is 0.407 e. The van der Waals surface area contributed by atoms with Gasteiger partial charge < -0.3 is 19.5 Å². The normalized spacial score (nSPS) is 19.1. The number of methoxy groups -OCH3 is 1. The quantitative estimate of drug-likeness (QED) is 0.817. The van der Waals surface area contributed by atoms with Crippen LogP contribution in [0.25, 0.3) is 0 Å². The first-order valence-corrected chi connectivity index (χ1v) is 9.78. The van der Waals surface area contributed by atoms with Gasteiger partial charge in [0.15, 0.2) is 0 Å². The van der Waals surface area contributed by atoms with E-state index >= 15 is 0 Å². The fraction of sp³-hybridized carbons (Fsp3) is 0.778. The molecule has 2 amide bonds. The zero-order chi connectivity index (χ0) is 19.2. The van der Waals surface area contributed by atoms with Gasteiger partial charge in [0, 0.05) is 26.1 Å². The predicted octanol–water partition coefficient (Wildman–Crippen LogP) is 0.863. The lowest BCUT2D eigenvalue weighted by Gasteiger charge is -2.31. The van der Waals surface area contributed by atoms with Gasteiger partial charge >= 0.3 is 6.09 Å². The average Bonchev–Trinajstić information content (AvgIpc) is 3.07. The number of aromatic nitrogens is 3. The number of nitrogens with one attached hydrogen (secondary N) is 1. The lowest BCUT2D eigenvalue weighted by molar-refractivity contribution is -0.131. The number of rotatable bonds is 5. The molecule has 0 aliphatic carbocycles. The minimum atomic E-state index is -0.585. The van der Waals surface area contributed by atoms with Crippen molar-refractivity contribution in [3.05, 3.63) is 11.6 Å². The Hall–Kier alpha value is -2.16. The van der Waals surface area contributed by atoms with E-state index in [2.05, 4.69) is 29.7 Å². The van der Waals surface area contributed by atoms with Crippen LogP contribution in [0.3, 0.4) is 0 Å². The van der Waals surface area contributed by atoms with E-state index < -0.39 is 6.09 Å². The second-order valence-corrected chi connectivity index (χ2v) is 7.37. The first-order valence-electron chi connectivity index (χ1n) is 9.78. The van der Waals surface area contributed by atoms with Crippen molar-refractivity contribution < 1.29 is 14.3 Å². The molecule has 0 saturated carbocycles. The number of likely N-dealkylation sites (tertiary alicyclic amines) is 2. The molecule has 2 saturated heterocycles. The van der Waals surface area contributed by atoms with E-state index in [0.717, 1.165) is 44.1 Å². The van der Waals surface area contributed by atoms with Gasteiger partial charge in [0.25, 0.3) is 0 Å². The van der Waals surface area contributed by atoms with E-state index in [-0.39, 0.29) is 12.5 Å². The first kappa shape index (κ1) is 19.6. The van der Waals surface area contributed by atoms with Gasteiger partial charge in [0.1, 0.15) is 18.2 Å². The molecule has 1 aromatic heterocycles. The Labute approximate surface area is 160 Å². The number of ether oxygens (including phenoxy) is 1. The van der Waals surface area contributed by atoms with E-state index in [1.807, 2.05) is 7.05 Å². The number of hydrogen-bond acceptors (Lipinski definition) is 6. The van der Waals surface area contributed by atoms with Crippen LogP contribution in [0.15, 0.2) is 0 Å². The minimum Gasteiger partial charge on any atom is -0.453 e. The third kappa shape index (κ3) is 4.97. The summed E-state index contributed by atoms with van der Waals surface area (Å²) in [6, 6.07) is 0. The van der Waals surface area contributed by atoms with Gasteiger partial charge in [-0.15, -0.1) is 10.2 Å². The number of nitrogens with zero attached hydrogens (tertiary/aromatic N) is 5. The van der Waals surface area contributed by atoms with Crippen molar-refractivity contribution in [1.29, 1.82) is 0 Å². The molecule has 0 radical (unpaired) electrons. The van der Waals surface area contributed by atoms with Crippen LogP contribution in [0.4, 0.5) is 4.79 Å². The number of piperidine rings is 2. The van der Waals surface area contributed by atoms with Crippen molar-refractivity contribution >= 4 is 12.0 Å². The average molecular weight is 378 g/mol. The highest BCUT2D eigenvalue weighted by Crippen LogP contribution is 2.27. The number of carbonyl (C=O) groups is 2. The first-order chi connectivity index (χ1) is 13.1. The molecule has 2 aliphatic rings. The lowest BCUT2D eigenvalue weighted by Crippen LogP contribution is -2.44. The Morgan fingerprint density at radius 1 is 1.11 bits per heavy atom. The second-order valence-electron chi connectivity index (χ2n) is 7.37. The van der Waals surface area contributed by atoms with Gasteiger partial charge in [-0.05, 0) is 38.8 Å². The van der Waals surface area contributed by atoms with Crippen LogP contribution < -0.4 is 5.32 Å². The van der Waals surface area contributed by atoms with Crippen LogP contribution in [0.1, 0.15) is 49.7 Å². The van der Waals surface area contributed by atoms with E-state index in [4.69, 9.17) is 0 Å². The molecule has 0 atom stereocenters. The van der Waals surface area contributed by atoms with Crippen molar-refractivity contribution in [2.75, 3.05) is 39.8 Å². The molecule has 3 heterocycles. The summed E-state index contributed by atoms with van der Waals surface area (Å²) in [6.07, 6.45) is 5.00. The molecule has 3 rings (SSSR count). The van der Waals surface area contributed by atoms with Crippen molar-refractivity contribution in [3.63, 3.8) is 0 Å². The summed E-state index contributed by atoms with van der Waals surface area (Å²) < 4.78 is 6.62. The molecule has 1 aromatic rings. The van der Waals surface area contributed by atoms with Gasteiger partial charge in [-0.25, -0.2) is 4.79 Å². The number of amides is 2. The fourth-order valence-electron chi connectivity index (χ4n) is 3.90. The van der Waals surface area contributed by atoms with Crippen LogP contribution in [-0.2, 0) is 23.1 Å². The van der Waals surface area contributed by atoms with E-state index in [1.54, 1.807) is 4.90 Å². The highest BCUT2D eigenvalue weighted by molar-refractivity contribution is 5.82. The van der Waals surface area contributed by atoms with Gasteiger partial charge in [0.2, 0.25) is 5.91 Å². The van der Waals surface area contributed by atoms with Gasteiger partial charge in [0.05, 0.1) is 13.7 Å². The van der Waals surface area contributed by atoms with Crippen LogP contribution >= 0.6 is 0 Å². The molecular formula is C18H30N6O3. The SMILES string of the molecule is COC(=O)NCC(=O)N1CCC(c2nnc(CN3CCCCC3)n2C)CC1. The zero-order valence-corrected chi connectivity index (χ0v) is 16.3. The standard InChI is InChI=1S/C18H30N6O3/c1-22-15(13-23-8-4-3-5-9-23)20-21-17(22)14-6-10-24(11-7-14)16(25)12-19-18(26)27-2/h14H,3-13H2,1-2H3,(H,19,26). The van der Waals surface area contributed by atoms with Crippen LogP contribution in [0.5, 0.6) is 0 Å². The molecule has 0 spiro atoms. The van der Waals surface area contributed by atoms with Crippen molar-refractivity contribution in [2.24, 2.45) is 7.05 Å². The Kier molecular flexibility index (Phi) is 6.65. The lowest BCUT2D eigenvalue weighted by atomic mass is 9.96. The number of carbonyl (C=O) groups excluding carboxylic acids is 2. The molecule has 150 valence electrons. The summed E-state index contributed by atoms with van der Waals surface area (Å²) in [5, 5.41) is 11.3. The molecule has 2 aliphatic heterocycles. The summed E-state index contributed by atoms with van der Waals surface area (Å²) in [5.41, 5.74) is 0. The summed E-state index contributed by atoms with van der Waals surface area (Å²) in [6.45, 7) is 4.45. The molecule has 9 nitrogen and oxygen atoms in total. The maximum atomic E-state index is 12.2. The van der Waals surface area contributed by atoms with E-state index in [9.17, 15) is 9.59 Å². The minimum absolute atomic E-state index is 0.0265. The number of alkyl carbamates (subject to hydrolysis) is 1. The maximum absolute atomic E-state index is 12.2. The zero-order valence-electron chi connectivity index (χ0n) is 16.3. The summed E-state index contributed by atoms with van der Waals surface area (Å²) >= 11 is 0. The third-order valence-electron chi connectivity index (χ3n) is 5.59. The topological polar surface area (TPSA) is 92.6 Å². The molecule has 0 bridgehead atoms. The molecule has 0 aromatic carbocycles. The fourth-order valence-corrected chi connectivity index (χ4v) is 3.90. The maximum Gasteiger partial charge on any atom is 0.407 e. The predicted molar refractivity (Wildman–Crippen MR) is 99.1 cm³/mol. The van der Waals surface area contributed by atoms with Crippen molar-refractivity contribution in [2.45, 2.75) is 44.6 Å². The van der Waals surface area contributed by atoms with Crippen LogP contribution in [-0.4, -0.2) is 76.4 Å². The highest BCUT2D eigenvalue weighted by Gasteiger charge is 2.27. The number of hydrogen-bond donors (Lipinski definition) is 1. The van der Waals surface area contributed by atoms with E-state index in [0.29, 0.717) is 19.0 Å². The monoisotopic (exact) mass is 378 g/mol.